The minimum Gasteiger partial charge on any atom is -0.489 e. The highest BCUT2D eigenvalue weighted by Gasteiger charge is 2.13. The third-order valence-corrected chi connectivity index (χ3v) is 3.35. The molecule has 0 amide bonds. The third-order valence-electron chi connectivity index (χ3n) is 3.35. The molecule has 1 aliphatic rings. The highest BCUT2D eigenvalue weighted by Crippen LogP contribution is 2.32. The topological polar surface area (TPSA) is 73.9 Å². The fourth-order valence-electron chi connectivity index (χ4n) is 2.11. The van der Waals surface area contributed by atoms with Gasteiger partial charge < -0.3 is 25.1 Å². The Labute approximate surface area is 122 Å². The summed E-state index contributed by atoms with van der Waals surface area (Å²) in [5.41, 5.74) is 7.64. The molecular formula is C16H17NO4. The first-order chi connectivity index (χ1) is 10.3. The van der Waals surface area contributed by atoms with E-state index >= 15 is 0 Å². The van der Waals surface area contributed by atoms with E-state index in [1.807, 2.05) is 42.5 Å². The maximum atomic E-state index is 9.01. The van der Waals surface area contributed by atoms with Crippen LogP contribution in [0.3, 0.4) is 0 Å². The van der Waals surface area contributed by atoms with Crippen LogP contribution in [-0.4, -0.2) is 18.5 Å². The molecule has 0 aliphatic carbocycles. The van der Waals surface area contributed by atoms with Crippen molar-refractivity contribution in [3.63, 3.8) is 0 Å². The van der Waals surface area contributed by atoms with E-state index in [9.17, 15) is 0 Å². The van der Waals surface area contributed by atoms with E-state index in [1.54, 1.807) is 0 Å². The van der Waals surface area contributed by atoms with Crippen LogP contribution in [0.1, 0.15) is 17.2 Å². The van der Waals surface area contributed by atoms with Crippen molar-refractivity contribution in [1.29, 1.82) is 0 Å². The van der Waals surface area contributed by atoms with Gasteiger partial charge in [0.15, 0.2) is 11.5 Å². The van der Waals surface area contributed by atoms with Gasteiger partial charge in [-0.3, -0.25) is 0 Å². The largest absolute Gasteiger partial charge is 0.489 e. The van der Waals surface area contributed by atoms with Crippen LogP contribution < -0.4 is 19.9 Å². The van der Waals surface area contributed by atoms with E-state index in [0.717, 1.165) is 28.4 Å². The molecule has 0 unspecified atom stereocenters. The van der Waals surface area contributed by atoms with Crippen LogP contribution in [0.25, 0.3) is 0 Å². The fourth-order valence-corrected chi connectivity index (χ4v) is 2.11. The highest BCUT2D eigenvalue weighted by atomic mass is 16.7. The Bertz CT molecular complexity index is 612. The van der Waals surface area contributed by atoms with Crippen LogP contribution in [0.4, 0.5) is 0 Å². The zero-order chi connectivity index (χ0) is 14.7. The van der Waals surface area contributed by atoms with E-state index in [4.69, 9.17) is 25.1 Å². The summed E-state index contributed by atoms with van der Waals surface area (Å²) in [6.07, 6.45) is 0. The van der Waals surface area contributed by atoms with Crippen molar-refractivity contribution in [3.8, 4) is 17.2 Å². The van der Waals surface area contributed by atoms with Crippen LogP contribution in [-0.2, 0) is 6.61 Å². The predicted molar refractivity (Wildman–Crippen MR) is 77.4 cm³/mol. The molecule has 0 saturated heterocycles. The molecule has 1 heterocycles. The molecular weight excluding hydrogens is 270 g/mol. The number of fused-ring (bicyclic) bond motifs is 1. The maximum Gasteiger partial charge on any atom is 0.231 e. The number of ether oxygens (including phenoxy) is 3. The maximum absolute atomic E-state index is 9.01. The number of aliphatic hydroxyl groups excluding tert-OH is 1. The molecule has 2 aromatic carbocycles. The SMILES string of the molecule is N[C@@H](CO)c1ccc(OCc2ccc3c(c2)OCO3)cc1. The summed E-state index contributed by atoms with van der Waals surface area (Å²) in [6.45, 7) is 0.645. The second kappa shape index (κ2) is 6.03. The Hall–Kier alpha value is -2.24. The quantitative estimate of drug-likeness (QED) is 0.879. The van der Waals surface area contributed by atoms with Crippen LogP contribution in [0, 0.1) is 0 Å². The molecule has 0 aromatic heterocycles. The van der Waals surface area contributed by atoms with Gasteiger partial charge in [-0.2, -0.15) is 0 Å². The average Bonchev–Trinajstić information content (AvgIpc) is 3.00. The van der Waals surface area contributed by atoms with E-state index in [-0.39, 0.29) is 19.4 Å². The van der Waals surface area contributed by atoms with Crippen molar-refractivity contribution in [2.75, 3.05) is 13.4 Å². The number of hydrogen-bond acceptors (Lipinski definition) is 5. The molecule has 110 valence electrons. The summed E-state index contributed by atoms with van der Waals surface area (Å²) in [5.74, 6) is 2.27. The molecule has 1 aliphatic heterocycles. The van der Waals surface area contributed by atoms with Crippen LogP contribution in [0.15, 0.2) is 42.5 Å². The van der Waals surface area contributed by atoms with Crippen molar-refractivity contribution in [1.82, 2.24) is 0 Å². The van der Waals surface area contributed by atoms with Gasteiger partial charge in [-0.05, 0) is 35.4 Å². The predicted octanol–water partition coefficient (Wildman–Crippen LogP) is 1.99. The molecule has 0 spiro atoms. The number of benzene rings is 2. The van der Waals surface area contributed by atoms with Gasteiger partial charge >= 0.3 is 0 Å². The average molecular weight is 287 g/mol. The summed E-state index contributed by atoms with van der Waals surface area (Å²) in [6, 6.07) is 12.8. The summed E-state index contributed by atoms with van der Waals surface area (Å²) >= 11 is 0. The van der Waals surface area contributed by atoms with Gasteiger partial charge in [0.05, 0.1) is 12.6 Å². The lowest BCUT2D eigenvalue weighted by molar-refractivity contribution is 0.174. The van der Waals surface area contributed by atoms with Crippen molar-refractivity contribution >= 4 is 0 Å². The van der Waals surface area contributed by atoms with Gasteiger partial charge in [-0.15, -0.1) is 0 Å². The third kappa shape index (κ3) is 3.09. The van der Waals surface area contributed by atoms with Crippen molar-refractivity contribution in [2.45, 2.75) is 12.6 Å². The number of nitrogens with two attached hydrogens (primary N) is 1. The lowest BCUT2D eigenvalue weighted by Gasteiger charge is -2.10. The first kappa shape index (κ1) is 13.7. The molecule has 3 rings (SSSR count). The zero-order valence-corrected chi connectivity index (χ0v) is 11.5. The van der Waals surface area contributed by atoms with Gasteiger partial charge in [-0.25, -0.2) is 0 Å². The Morgan fingerprint density at radius 2 is 1.86 bits per heavy atom. The van der Waals surface area contributed by atoms with Crippen molar-refractivity contribution < 1.29 is 19.3 Å². The summed E-state index contributed by atoms with van der Waals surface area (Å²) < 4.78 is 16.3. The van der Waals surface area contributed by atoms with Crippen molar-refractivity contribution in [3.05, 3.63) is 53.6 Å². The Morgan fingerprint density at radius 3 is 2.62 bits per heavy atom. The Balaban J connectivity index is 1.62. The zero-order valence-electron chi connectivity index (χ0n) is 11.5. The summed E-state index contributed by atoms with van der Waals surface area (Å²) in [5, 5.41) is 9.01. The summed E-state index contributed by atoms with van der Waals surface area (Å²) in [4.78, 5) is 0. The molecule has 2 aromatic rings. The molecule has 21 heavy (non-hydrogen) atoms. The van der Waals surface area contributed by atoms with Gasteiger partial charge in [0.2, 0.25) is 6.79 Å². The van der Waals surface area contributed by atoms with Gasteiger partial charge in [-0.1, -0.05) is 18.2 Å². The Morgan fingerprint density at radius 1 is 1.10 bits per heavy atom. The first-order valence-electron chi connectivity index (χ1n) is 6.74. The van der Waals surface area contributed by atoms with E-state index in [2.05, 4.69) is 0 Å². The number of aliphatic hydroxyl groups is 1. The van der Waals surface area contributed by atoms with E-state index in [1.165, 1.54) is 0 Å². The Kier molecular flexibility index (Phi) is 3.94. The minimum absolute atomic E-state index is 0.0720. The van der Waals surface area contributed by atoms with Gasteiger partial charge in [0.25, 0.3) is 0 Å². The van der Waals surface area contributed by atoms with Crippen molar-refractivity contribution in [2.24, 2.45) is 5.73 Å². The fraction of sp³-hybridized carbons (Fsp3) is 0.250. The van der Waals surface area contributed by atoms with Gasteiger partial charge in [0, 0.05) is 0 Å². The number of rotatable bonds is 5. The lowest BCUT2D eigenvalue weighted by Crippen LogP contribution is -2.14. The van der Waals surface area contributed by atoms with Crippen LogP contribution >= 0.6 is 0 Å². The second-order valence-electron chi connectivity index (χ2n) is 4.83. The van der Waals surface area contributed by atoms with Crippen LogP contribution in [0.2, 0.25) is 0 Å². The molecule has 0 bridgehead atoms. The minimum atomic E-state index is -0.354. The lowest BCUT2D eigenvalue weighted by atomic mass is 10.1. The smallest absolute Gasteiger partial charge is 0.231 e. The standard InChI is InChI=1S/C16H17NO4/c17-14(8-18)12-2-4-13(5-3-12)19-9-11-1-6-15-16(7-11)21-10-20-15/h1-7,14,18H,8-10,17H2/t14-/m0/s1. The van der Waals surface area contributed by atoms with E-state index in [0.29, 0.717) is 6.61 Å². The molecule has 1 atom stereocenters. The molecule has 5 heteroatoms. The van der Waals surface area contributed by atoms with Crippen LogP contribution in [0.5, 0.6) is 17.2 Å². The monoisotopic (exact) mass is 287 g/mol. The normalized spacial score (nSPS) is 14.0. The molecule has 5 nitrogen and oxygen atoms in total. The molecule has 0 saturated carbocycles. The molecule has 0 radical (unpaired) electrons. The number of hydrogen-bond donors (Lipinski definition) is 2. The molecule has 0 fully saturated rings. The van der Waals surface area contributed by atoms with Gasteiger partial charge in [0.1, 0.15) is 12.4 Å². The molecule has 3 N–H and O–H groups in total. The van der Waals surface area contributed by atoms with E-state index < -0.39 is 0 Å². The first-order valence-corrected chi connectivity index (χ1v) is 6.74. The highest BCUT2D eigenvalue weighted by molar-refractivity contribution is 5.44. The summed E-state index contributed by atoms with van der Waals surface area (Å²) in [7, 11) is 0. The second-order valence-corrected chi connectivity index (χ2v) is 4.83.